The molecule has 1 amide bonds. The van der Waals surface area contributed by atoms with Crippen LogP contribution in [0.15, 0.2) is 28.7 Å². The monoisotopic (exact) mass is 338 g/mol. The number of nitrogens with one attached hydrogen (secondary N) is 1. The van der Waals surface area contributed by atoms with Crippen molar-refractivity contribution < 1.29 is 4.79 Å². The largest absolute Gasteiger partial charge is 0.336 e. The Kier molecular flexibility index (Phi) is 5.61. The van der Waals surface area contributed by atoms with E-state index in [2.05, 4.69) is 35.1 Å². The van der Waals surface area contributed by atoms with Crippen molar-refractivity contribution in [2.75, 3.05) is 19.6 Å². The van der Waals surface area contributed by atoms with Crippen LogP contribution in [0.2, 0.25) is 0 Å². The van der Waals surface area contributed by atoms with Crippen molar-refractivity contribution in [1.82, 2.24) is 10.2 Å². The van der Waals surface area contributed by atoms with E-state index in [0.29, 0.717) is 5.92 Å². The minimum atomic E-state index is 0.139. The fraction of sp³-hybridized carbons (Fsp3) is 0.562. The lowest BCUT2D eigenvalue weighted by Gasteiger charge is -2.33. The molecule has 4 heteroatoms. The Balaban J connectivity index is 2.09. The number of benzene rings is 1. The van der Waals surface area contributed by atoms with Crippen LogP contribution in [0.1, 0.15) is 37.0 Å². The van der Waals surface area contributed by atoms with Crippen LogP contribution in [0.25, 0.3) is 0 Å². The Hall–Kier alpha value is -0.870. The molecule has 0 spiro atoms. The molecule has 1 fully saturated rings. The predicted octanol–water partition coefficient (Wildman–Crippen LogP) is 3.30. The number of carbonyl (C=O) groups is 1. The van der Waals surface area contributed by atoms with Gasteiger partial charge in [-0.05, 0) is 63.9 Å². The van der Waals surface area contributed by atoms with Crippen LogP contribution in [-0.2, 0) is 0 Å². The summed E-state index contributed by atoms with van der Waals surface area (Å²) in [6, 6.07) is 7.89. The van der Waals surface area contributed by atoms with Crippen LogP contribution in [0, 0.1) is 5.92 Å². The Morgan fingerprint density at radius 1 is 1.40 bits per heavy atom. The summed E-state index contributed by atoms with van der Waals surface area (Å²) in [5.41, 5.74) is 0.766. The Bertz CT molecular complexity index is 456. The molecular weight excluding hydrogens is 316 g/mol. The van der Waals surface area contributed by atoms with E-state index in [1.54, 1.807) is 0 Å². The highest BCUT2D eigenvalue weighted by Crippen LogP contribution is 2.19. The van der Waals surface area contributed by atoms with E-state index in [0.717, 1.165) is 42.5 Å². The Morgan fingerprint density at radius 3 is 2.70 bits per heavy atom. The molecule has 0 saturated carbocycles. The van der Waals surface area contributed by atoms with Crippen molar-refractivity contribution in [2.45, 2.75) is 32.7 Å². The maximum atomic E-state index is 12.7. The van der Waals surface area contributed by atoms with E-state index in [1.165, 1.54) is 0 Å². The zero-order valence-corrected chi connectivity index (χ0v) is 13.8. The molecule has 0 aliphatic carbocycles. The van der Waals surface area contributed by atoms with Crippen LogP contribution in [0.3, 0.4) is 0 Å². The van der Waals surface area contributed by atoms with Gasteiger partial charge < -0.3 is 10.2 Å². The van der Waals surface area contributed by atoms with E-state index in [9.17, 15) is 4.79 Å². The van der Waals surface area contributed by atoms with Gasteiger partial charge in [-0.2, -0.15) is 0 Å². The molecule has 3 nitrogen and oxygen atoms in total. The minimum Gasteiger partial charge on any atom is -0.336 e. The normalized spacial score (nSPS) is 16.4. The SMILES string of the molecule is CC(C)N(CC1CCNCC1)C(=O)c1cccc(Br)c1. The standard InChI is InChI=1S/C16H23BrN2O/c1-12(2)19(11-13-6-8-18-9-7-13)16(20)14-4-3-5-15(17)10-14/h3-5,10,12-13,18H,6-9,11H2,1-2H3. The fourth-order valence-electron chi connectivity index (χ4n) is 2.66. The second-order valence-electron chi connectivity index (χ2n) is 5.75. The summed E-state index contributed by atoms with van der Waals surface area (Å²) in [7, 11) is 0. The summed E-state index contributed by atoms with van der Waals surface area (Å²) in [5.74, 6) is 0.759. The van der Waals surface area contributed by atoms with Crippen LogP contribution in [0.4, 0.5) is 0 Å². The number of amides is 1. The van der Waals surface area contributed by atoms with Crippen LogP contribution >= 0.6 is 15.9 Å². The molecule has 1 aromatic rings. The summed E-state index contributed by atoms with van der Waals surface area (Å²) in [5, 5.41) is 3.38. The van der Waals surface area contributed by atoms with Gasteiger partial charge in [-0.1, -0.05) is 22.0 Å². The van der Waals surface area contributed by atoms with Crippen molar-refractivity contribution in [1.29, 1.82) is 0 Å². The van der Waals surface area contributed by atoms with Gasteiger partial charge in [0.05, 0.1) is 0 Å². The van der Waals surface area contributed by atoms with Crippen molar-refractivity contribution in [3.63, 3.8) is 0 Å². The van der Waals surface area contributed by atoms with Gasteiger partial charge in [-0.3, -0.25) is 4.79 Å². The third-order valence-corrected chi connectivity index (χ3v) is 4.36. The molecule has 20 heavy (non-hydrogen) atoms. The van der Waals surface area contributed by atoms with Crippen molar-refractivity contribution in [2.24, 2.45) is 5.92 Å². The number of hydrogen-bond acceptors (Lipinski definition) is 2. The molecule has 0 unspecified atom stereocenters. The van der Waals surface area contributed by atoms with E-state index in [4.69, 9.17) is 0 Å². The third-order valence-electron chi connectivity index (χ3n) is 3.87. The van der Waals surface area contributed by atoms with Crippen LogP contribution < -0.4 is 5.32 Å². The Labute approximate surface area is 129 Å². The molecule has 0 radical (unpaired) electrons. The summed E-state index contributed by atoms with van der Waals surface area (Å²) in [4.78, 5) is 14.7. The molecule has 1 saturated heterocycles. The second-order valence-corrected chi connectivity index (χ2v) is 6.67. The van der Waals surface area contributed by atoms with E-state index < -0.39 is 0 Å². The van der Waals surface area contributed by atoms with Crippen LogP contribution in [0.5, 0.6) is 0 Å². The highest BCUT2D eigenvalue weighted by atomic mass is 79.9. The molecule has 0 atom stereocenters. The molecule has 1 aliphatic heterocycles. The van der Waals surface area contributed by atoms with Gasteiger partial charge in [-0.25, -0.2) is 0 Å². The van der Waals surface area contributed by atoms with E-state index in [-0.39, 0.29) is 11.9 Å². The minimum absolute atomic E-state index is 0.139. The average molecular weight is 339 g/mol. The highest BCUT2D eigenvalue weighted by molar-refractivity contribution is 9.10. The molecule has 1 aromatic carbocycles. The number of nitrogens with zero attached hydrogens (tertiary/aromatic N) is 1. The highest BCUT2D eigenvalue weighted by Gasteiger charge is 2.23. The quantitative estimate of drug-likeness (QED) is 0.913. The van der Waals surface area contributed by atoms with Gasteiger partial charge in [0.2, 0.25) is 0 Å². The summed E-state index contributed by atoms with van der Waals surface area (Å²) < 4.78 is 0.953. The van der Waals surface area contributed by atoms with Crippen molar-refractivity contribution in [3.05, 3.63) is 34.3 Å². The second kappa shape index (κ2) is 7.23. The van der Waals surface area contributed by atoms with Crippen molar-refractivity contribution >= 4 is 21.8 Å². The first kappa shape index (κ1) is 15.5. The number of hydrogen-bond donors (Lipinski definition) is 1. The maximum absolute atomic E-state index is 12.7. The zero-order valence-electron chi connectivity index (χ0n) is 12.2. The predicted molar refractivity (Wildman–Crippen MR) is 85.9 cm³/mol. The van der Waals surface area contributed by atoms with Gasteiger partial charge in [-0.15, -0.1) is 0 Å². The first-order valence-corrected chi connectivity index (χ1v) is 8.14. The molecule has 1 N–H and O–H groups in total. The first-order valence-electron chi connectivity index (χ1n) is 7.35. The smallest absolute Gasteiger partial charge is 0.254 e. The molecule has 0 aromatic heterocycles. The zero-order chi connectivity index (χ0) is 14.5. The number of piperidine rings is 1. The summed E-state index contributed by atoms with van der Waals surface area (Å²) in [6.07, 6.45) is 2.32. The molecule has 2 rings (SSSR count). The van der Waals surface area contributed by atoms with E-state index >= 15 is 0 Å². The van der Waals surface area contributed by atoms with Gasteiger partial charge in [0, 0.05) is 22.6 Å². The van der Waals surface area contributed by atoms with Crippen LogP contribution in [-0.4, -0.2) is 36.5 Å². The van der Waals surface area contributed by atoms with Crippen molar-refractivity contribution in [3.8, 4) is 0 Å². The molecule has 0 bridgehead atoms. The third kappa shape index (κ3) is 4.06. The molecular formula is C16H23BrN2O. The van der Waals surface area contributed by atoms with Gasteiger partial charge >= 0.3 is 0 Å². The number of halogens is 1. The fourth-order valence-corrected chi connectivity index (χ4v) is 3.06. The summed E-state index contributed by atoms with van der Waals surface area (Å²) in [6.45, 7) is 7.20. The van der Waals surface area contributed by atoms with E-state index in [1.807, 2.05) is 29.2 Å². The lowest BCUT2D eigenvalue weighted by Crippen LogP contribution is -2.42. The number of carbonyl (C=O) groups excluding carboxylic acids is 1. The summed E-state index contributed by atoms with van der Waals surface area (Å²) >= 11 is 3.44. The van der Waals surface area contributed by atoms with Gasteiger partial charge in [0.15, 0.2) is 0 Å². The molecule has 1 aliphatic rings. The average Bonchev–Trinajstić information content (AvgIpc) is 2.45. The van der Waals surface area contributed by atoms with Gasteiger partial charge in [0.25, 0.3) is 5.91 Å². The first-order chi connectivity index (χ1) is 9.58. The molecule has 1 heterocycles. The van der Waals surface area contributed by atoms with Gasteiger partial charge in [0.1, 0.15) is 0 Å². The lowest BCUT2D eigenvalue weighted by molar-refractivity contribution is 0.0658. The lowest BCUT2D eigenvalue weighted by atomic mass is 9.96. The maximum Gasteiger partial charge on any atom is 0.254 e. The number of rotatable bonds is 4. The molecule has 110 valence electrons. The topological polar surface area (TPSA) is 32.3 Å². The Morgan fingerprint density at radius 2 is 2.10 bits per heavy atom.